The van der Waals surface area contributed by atoms with Crippen molar-refractivity contribution in [2.75, 3.05) is 6.54 Å². The largest absolute Gasteiger partial charge is 0.480 e. The van der Waals surface area contributed by atoms with E-state index < -0.39 is 18.1 Å². The molecule has 0 radical (unpaired) electrons. The maximum Gasteiger partial charge on any atom is 0.326 e. The number of carboxylic acids is 1. The molecule has 5 heteroatoms. The molecule has 1 heterocycles. The van der Waals surface area contributed by atoms with E-state index in [2.05, 4.69) is 0 Å². The Labute approximate surface area is 105 Å². The quantitative estimate of drug-likeness (QED) is 0.807. The van der Waals surface area contributed by atoms with Crippen LogP contribution < -0.4 is 0 Å². The highest BCUT2D eigenvalue weighted by Gasteiger charge is 2.39. The van der Waals surface area contributed by atoms with Crippen molar-refractivity contribution in [3.63, 3.8) is 0 Å². The van der Waals surface area contributed by atoms with Gasteiger partial charge in [-0.1, -0.05) is 17.7 Å². The number of carbonyl (C=O) groups is 2. The average molecular weight is 249 g/mol. The minimum absolute atomic E-state index is 0.0732. The average Bonchev–Trinajstić information content (AvgIpc) is 2.70. The third kappa shape index (κ3) is 2.36. The first-order chi connectivity index (χ1) is 8.49. The van der Waals surface area contributed by atoms with Crippen LogP contribution in [0.3, 0.4) is 0 Å². The molecular formula is C13H15NO4. The van der Waals surface area contributed by atoms with Gasteiger partial charge in [-0.3, -0.25) is 4.79 Å². The standard InChI is InChI=1S/C13H15NO4/c1-8-3-2-4-9(5-8)12(16)14-7-10(15)6-11(14)13(17)18/h2-5,10-11,15H,6-7H2,1H3,(H,17,18)/t10?,11-/m0/s1. The van der Waals surface area contributed by atoms with E-state index in [-0.39, 0.29) is 18.9 Å². The minimum Gasteiger partial charge on any atom is -0.480 e. The molecule has 5 nitrogen and oxygen atoms in total. The van der Waals surface area contributed by atoms with E-state index in [1.165, 1.54) is 4.90 Å². The third-order valence-electron chi connectivity index (χ3n) is 3.09. The molecule has 1 amide bonds. The van der Waals surface area contributed by atoms with E-state index >= 15 is 0 Å². The summed E-state index contributed by atoms with van der Waals surface area (Å²) in [6.45, 7) is 1.94. The number of likely N-dealkylation sites (tertiary alicyclic amines) is 1. The highest BCUT2D eigenvalue weighted by Crippen LogP contribution is 2.21. The Balaban J connectivity index is 2.25. The number of amides is 1. The molecule has 1 aliphatic rings. The van der Waals surface area contributed by atoms with E-state index in [4.69, 9.17) is 5.11 Å². The van der Waals surface area contributed by atoms with Crippen LogP contribution >= 0.6 is 0 Å². The van der Waals surface area contributed by atoms with E-state index in [1.54, 1.807) is 18.2 Å². The molecule has 2 atom stereocenters. The zero-order valence-corrected chi connectivity index (χ0v) is 10.0. The van der Waals surface area contributed by atoms with Crippen LogP contribution in [0.5, 0.6) is 0 Å². The molecule has 0 saturated carbocycles. The zero-order chi connectivity index (χ0) is 13.3. The Morgan fingerprint density at radius 3 is 2.72 bits per heavy atom. The van der Waals surface area contributed by atoms with E-state index in [0.29, 0.717) is 5.56 Å². The summed E-state index contributed by atoms with van der Waals surface area (Å²) in [5.41, 5.74) is 1.39. The number of hydrogen-bond donors (Lipinski definition) is 2. The first-order valence-corrected chi connectivity index (χ1v) is 5.77. The maximum absolute atomic E-state index is 12.2. The summed E-state index contributed by atoms with van der Waals surface area (Å²) in [5, 5.41) is 18.6. The number of carbonyl (C=O) groups excluding carboxylic acids is 1. The molecule has 96 valence electrons. The summed E-state index contributed by atoms with van der Waals surface area (Å²) >= 11 is 0. The molecule has 1 fully saturated rings. The molecule has 0 aromatic heterocycles. The number of aliphatic hydroxyl groups excluding tert-OH is 1. The van der Waals surface area contributed by atoms with Crippen molar-refractivity contribution < 1.29 is 19.8 Å². The lowest BCUT2D eigenvalue weighted by Crippen LogP contribution is -2.40. The van der Waals surface area contributed by atoms with Crippen LogP contribution in [-0.2, 0) is 4.79 Å². The molecule has 2 rings (SSSR count). The van der Waals surface area contributed by atoms with Gasteiger partial charge < -0.3 is 15.1 Å². The predicted octanol–water partition coefficient (Wildman–Crippen LogP) is 0.655. The van der Waals surface area contributed by atoms with Crippen molar-refractivity contribution >= 4 is 11.9 Å². The van der Waals surface area contributed by atoms with Gasteiger partial charge in [-0.05, 0) is 19.1 Å². The van der Waals surface area contributed by atoms with Crippen LogP contribution in [0.2, 0.25) is 0 Å². The van der Waals surface area contributed by atoms with Crippen molar-refractivity contribution in [1.29, 1.82) is 0 Å². The van der Waals surface area contributed by atoms with Crippen LogP contribution in [0.15, 0.2) is 24.3 Å². The number of nitrogens with zero attached hydrogens (tertiary/aromatic N) is 1. The zero-order valence-electron chi connectivity index (χ0n) is 10.0. The molecule has 1 aliphatic heterocycles. The Kier molecular flexibility index (Phi) is 3.34. The van der Waals surface area contributed by atoms with Gasteiger partial charge in [-0.15, -0.1) is 0 Å². The summed E-state index contributed by atoms with van der Waals surface area (Å²) in [6, 6.07) is 6.05. The first kappa shape index (κ1) is 12.6. The van der Waals surface area contributed by atoms with Crippen molar-refractivity contribution in [3.8, 4) is 0 Å². The van der Waals surface area contributed by atoms with Gasteiger partial charge in [0.05, 0.1) is 6.10 Å². The minimum atomic E-state index is -1.08. The lowest BCUT2D eigenvalue weighted by molar-refractivity contribution is -0.141. The predicted molar refractivity (Wildman–Crippen MR) is 64.3 cm³/mol. The van der Waals surface area contributed by atoms with Gasteiger partial charge in [0.25, 0.3) is 5.91 Å². The SMILES string of the molecule is Cc1cccc(C(=O)N2CC(O)C[C@H]2C(=O)O)c1. The van der Waals surface area contributed by atoms with Crippen LogP contribution in [0.1, 0.15) is 22.3 Å². The van der Waals surface area contributed by atoms with Crippen LogP contribution in [-0.4, -0.2) is 45.7 Å². The van der Waals surface area contributed by atoms with Crippen molar-refractivity contribution in [2.45, 2.75) is 25.5 Å². The summed E-state index contributed by atoms with van der Waals surface area (Å²) in [7, 11) is 0. The Bertz CT molecular complexity index is 486. The number of benzene rings is 1. The fourth-order valence-corrected chi connectivity index (χ4v) is 2.22. The van der Waals surface area contributed by atoms with Crippen LogP contribution in [0.4, 0.5) is 0 Å². The number of aliphatic carboxylic acids is 1. The van der Waals surface area contributed by atoms with Crippen molar-refractivity contribution in [2.24, 2.45) is 0 Å². The van der Waals surface area contributed by atoms with Gasteiger partial charge in [-0.25, -0.2) is 4.79 Å². The molecule has 0 bridgehead atoms. The normalized spacial score (nSPS) is 23.1. The smallest absolute Gasteiger partial charge is 0.326 e. The highest BCUT2D eigenvalue weighted by atomic mass is 16.4. The summed E-state index contributed by atoms with van der Waals surface area (Å²) in [5.74, 6) is -1.42. The second kappa shape index (κ2) is 4.78. The lowest BCUT2D eigenvalue weighted by Gasteiger charge is -2.21. The molecule has 0 aliphatic carbocycles. The van der Waals surface area contributed by atoms with E-state index in [1.807, 2.05) is 13.0 Å². The molecule has 1 saturated heterocycles. The van der Waals surface area contributed by atoms with E-state index in [9.17, 15) is 14.7 Å². The fraction of sp³-hybridized carbons (Fsp3) is 0.385. The number of rotatable bonds is 2. The second-order valence-corrected chi connectivity index (χ2v) is 4.57. The highest BCUT2D eigenvalue weighted by molar-refractivity contribution is 5.97. The molecule has 1 unspecified atom stereocenters. The number of hydrogen-bond acceptors (Lipinski definition) is 3. The molecule has 1 aromatic carbocycles. The Morgan fingerprint density at radius 1 is 1.39 bits per heavy atom. The number of aryl methyl sites for hydroxylation is 1. The molecule has 1 aromatic rings. The Hall–Kier alpha value is -1.88. The van der Waals surface area contributed by atoms with Gasteiger partial charge in [0.15, 0.2) is 0 Å². The van der Waals surface area contributed by atoms with Gasteiger partial charge in [-0.2, -0.15) is 0 Å². The summed E-state index contributed by atoms with van der Waals surface area (Å²) in [4.78, 5) is 24.5. The number of carboxylic acid groups (broad SMARTS) is 1. The molecular weight excluding hydrogens is 234 g/mol. The fourth-order valence-electron chi connectivity index (χ4n) is 2.22. The van der Waals surface area contributed by atoms with Crippen molar-refractivity contribution in [1.82, 2.24) is 4.90 Å². The van der Waals surface area contributed by atoms with Crippen molar-refractivity contribution in [3.05, 3.63) is 35.4 Å². The van der Waals surface area contributed by atoms with Gasteiger partial charge in [0.1, 0.15) is 6.04 Å². The molecule has 2 N–H and O–H groups in total. The first-order valence-electron chi connectivity index (χ1n) is 5.77. The monoisotopic (exact) mass is 249 g/mol. The Morgan fingerprint density at radius 2 is 2.11 bits per heavy atom. The third-order valence-corrected chi connectivity index (χ3v) is 3.09. The number of aliphatic hydroxyl groups is 1. The van der Waals surface area contributed by atoms with Gasteiger partial charge in [0, 0.05) is 18.5 Å². The lowest BCUT2D eigenvalue weighted by atomic mass is 10.1. The topological polar surface area (TPSA) is 77.8 Å². The summed E-state index contributed by atoms with van der Waals surface area (Å²) < 4.78 is 0. The van der Waals surface area contributed by atoms with Crippen LogP contribution in [0.25, 0.3) is 0 Å². The second-order valence-electron chi connectivity index (χ2n) is 4.57. The molecule has 18 heavy (non-hydrogen) atoms. The summed E-state index contributed by atoms with van der Waals surface area (Å²) in [6.07, 6.45) is -0.674. The van der Waals surface area contributed by atoms with Gasteiger partial charge in [0.2, 0.25) is 0 Å². The van der Waals surface area contributed by atoms with Crippen LogP contribution in [0, 0.1) is 6.92 Å². The van der Waals surface area contributed by atoms with Gasteiger partial charge >= 0.3 is 5.97 Å². The number of β-amino-alcohol motifs (C(OH)–C–C–N with tert-alkyl or cyclic N) is 1. The van der Waals surface area contributed by atoms with E-state index in [0.717, 1.165) is 5.56 Å². The molecule has 0 spiro atoms. The maximum atomic E-state index is 12.2.